The standard InChI is InChI=1S/C29H35ClN6O/c1-5-8-20-15-25(31-17-20)32-26-16-27(36-12-11-22(18-36)35(6-2)7-3)34-29(33-26)37-24-10-9-21-13-19(4)14-23(21)28(24)30/h5,8-10,14-16,22H,6-7,11-13,17-18H2,1-4H3,(H,31,32,33,34)/b8-5+. The fourth-order valence-corrected chi connectivity index (χ4v) is 5.61. The van der Waals surface area contributed by atoms with Gasteiger partial charge < -0.3 is 15.0 Å². The van der Waals surface area contributed by atoms with Gasteiger partial charge in [-0.25, -0.2) is 0 Å². The fourth-order valence-electron chi connectivity index (χ4n) is 5.34. The Labute approximate surface area is 224 Å². The lowest BCUT2D eigenvalue weighted by Crippen LogP contribution is -2.37. The maximum Gasteiger partial charge on any atom is 0.325 e. The molecule has 1 fully saturated rings. The number of aliphatic imine (C=N–C) groups is 1. The number of anilines is 2. The predicted octanol–water partition coefficient (Wildman–Crippen LogP) is 6.13. The zero-order valence-electron chi connectivity index (χ0n) is 22.1. The summed E-state index contributed by atoms with van der Waals surface area (Å²) in [6.45, 7) is 13.2. The van der Waals surface area contributed by atoms with Gasteiger partial charge in [-0.1, -0.05) is 55.3 Å². The van der Waals surface area contributed by atoms with Crippen LogP contribution in [0.2, 0.25) is 5.02 Å². The van der Waals surface area contributed by atoms with Gasteiger partial charge in [-0.15, -0.1) is 0 Å². The molecule has 0 amide bonds. The van der Waals surface area contributed by atoms with Crippen LogP contribution in [0.15, 0.2) is 52.6 Å². The highest BCUT2D eigenvalue weighted by Crippen LogP contribution is 2.39. The molecule has 0 radical (unpaired) electrons. The molecule has 1 unspecified atom stereocenters. The molecule has 7 nitrogen and oxygen atoms in total. The van der Waals surface area contributed by atoms with Gasteiger partial charge in [0, 0.05) is 30.8 Å². The number of halogens is 1. The van der Waals surface area contributed by atoms with Crippen LogP contribution in [-0.2, 0) is 6.42 Å². The minimum Gasteiger partial charge on any atom is -0.423 e. The first-order chi connectivity index (χ1) is 18.0. The molecule has 5 rings (SSSR count). The van der Waals surface area contributed by atoms with Gasteiger partial charge in [0.1, 0.15) is 23.2 Å². The molecule has 1 aliphatic carbocycles. The summed E-state index contributed by atoms with van der Waals surface area (Å²) in [6.07, 6.45) is 10.3. The maximum atomic E-state index is 6.76. The first kappa shape index (κ1) is 25.5. The van der Waals surface area contributed by atoms with Crippen molar-refractivity contribution >= 4 is 35.1 Å². The van der Waals surface area contributed by atoms with Gasteiger partial charge in [-0.05, 0) is 63.1 Å². The van der Waals surface area contributed by atoms with E-state index in [0.29, 0.717) is 29.2 Å². The predicted molar refractivity (Wildman–Crippen MR) is 153 cm³/mol. The second-order valence-electron chi connectivity index (χ2n) is 9.77. The largest absolute Gasteiger partial charge is 0.423 e. The highest BCUT2D eigenvalue weighted by atomic mass is 35.5. The molecule has 1 aromatic carbocycles. The van der Waals surface area contributed by atoms with E-state index in [2.05, 4.69) is 64.1 Å². The van der Waals surface area contributed by atoms with Crippen LogP contribution >= 0.6 is 11.6 Å². The topological polar surface area (TPSA) is 65.9 Å². The third-order valence-electron chi connectivity index (χ3n) is 7.20. The van der Waals surface area contributed by atoms with E-state index < -0.39 is 0 Å². The van der Waals surface area contributed by atoms with Crippen molar-refractivity contribution in [2.75, 3.05) is 42.9 Å². The molecule has 3 aliphatic rings. The molecule has 0 saturated carbocycles. The molecule has 37 heavy (non-hydrogen) atoms. The molecular formula is C29H35ClN6O. The highest BCUT2D eigenvalue weighted by molar-refractivity contribution is 6.33. The van der Waals surface area contributed by atoms with Crippen LogP contribution in [0.1, 0.15) is 45.2 Å². The summed E-state index contributed by atoms with van der Waals surface area (Å²) in [6, 6.07) is 6.75. The number of allylic oxidation sites excluding steroid dienone is 2. The van der Waals surface area contributed by atoms with Gasteiger partial charge in [0.05, 0.1) is 11.6 Å². The zero-order valence-corrected chi connectivity index (χ0v) is 22.8. The number of ether oxygens (including phenoxy) is 1. The molecule has 194 valence electrons. The third-order valence-corrected chi connectivity index (χ3v) is 7.58. The lowest BCUT2D eigenvalue weighted by Gasteiger charge is -2.26. The van der Waals surface area contributed by atoms with Crippen molar-refractivity contribution in [1.82, 2.24) is 14.9 Å². The first-order valence-corrected chi connectivity index (χ1v) is 13.5. The number of rotatable bonds is 8. The summed E-state index contributed by atoms with van der Waals surface area (Å²) in [5, 5.41) is 3.96. The number of nitrogens with one attached hydrogen (secondary N) is 1. The van der Waals surface area contributed by atoms with Crippen molar-refractivity contribution in [1.29, 1.82) is 0 Å². The number of amidine groups is 1. The quantitative estimate of drug-likeness (QED) is 0.453. The van der Waals surface area contributed by atoms with E-state index in [-0.39, 0.29) is 6.01 Å². The van der Waals surface area contributed by atoms with Gasteiger partial charge in [-0.2, -0.15) is 9.97 Å². The van der Waals surface area contributed by atoms with E-state index >= 15 is 0 Å². The van der Waals surface area contributed by atoms with E-state index in [0.717, 1.165) is 61.8 Å². The Bertz CT molecular complexity index is 1290. The molecule has 2 aliphatic heterocycles. The summed E-state index contributed by atoms with van der Waals surface area (Å²) < 4.78 is 6.22. The van der Waals surface area contributed by atoms with E-state index in [1.165, 1.54) is 11.1 Å². The molecule has 8 heteroatoms. The molecule has 1 atom stereocenters. The van der Waals surface area contributed by atoms with Gasteiger partial charge >= 0.3 is 6.01 Å². The number of likely N-dealkylation sites (N-methyl/N-ethyl adjacent to an activating group) is 1. The maximum absolute atomic E-state index is 6.76. The molecule has 1 aromatic heterocycles. The SMILES string of the molecule is C/C=C/C1=CC(Nc2cc(N3CCC(N(CC)CC)C3)nc(Oc3ccc4c(c3Cl)C=C(C)C4)n2)=NC1. The Kier molecular flexibility index (Phi) is 7.63. The van der Waals surface area contributed by atoms with Crippen molar-refractivity contribution < 1.29 is 4.74 Å². The number of hydrogen-bond acceptors (Lipinski definition) is 7. The van der Waals surface area contributed by atoms with Crippen LogP contribution in [0.25, 0.3) is 6.08 Å². The molecular weight excluding hydrogens is 484 g/mol. The molecule has 1 N–H and O–H groups in total. The van der Waals surface area contributed by atoms with Crippen LogP contribution in [0.4, 0.5) is 11.6 Å². The van der Waals surface area contributed by atoms with Crippen molar-refractivity contribution in [3.63, 3.8) is 0 Å². The van der Waals surface area contributed by atoms with Crippen LogP contribution in [0.3, 0.4) is 0 Å². The van der Waals surface area contributed by atoms with Crippen molar-refractivity contribution in [3.8, 4) is 11.8 Å². The van der Waals surface area contributed by atoms with E-state index in [9.17, 15) is 0 Å². The van der Waals surface area contributed by atoms with E-state index in [1.54, 1.807) is 0 Å². The Morgan fingerprint density at radius 1 is 1.22 bits per heavy atom. The van der Waals surface area contributed by atoms with Gasteiger partial charge in [0.25, 0.3) is 0 Å². The average molecular weight is 519 g/mol. The number of fused-ring (bicyclic) bond motifs is 1. The number of hydrogen-bond donors (Lipinski definition) is 1. The average Bonchev–Trinajstić information content (AvgIpc) is 3.62. The zero-order chi connectivity index (χ0) is 25.9. The minimum atomic E-state index is 0.267. The number of benzene rings is 1. The van der Waals surface area contributed by atoms with Crippen LogP contribution < -0.4 is 15.0 Å². The number of nitrogens with zero attached hydrogens (tertiary/aromatic N) is 5. The molecule has 3 heterocycles. The summed E-state index contributed by atoms with van der Waals surface area (Å²) >= 11 is 6.76. The lowest BCUT2D eigenvalue weighted by molar-refractivity contribution is 0.232. The van der Waals surface area contributed by atoms with Crippen molar-refractivity contribution in [3.05, 3.63) is 63.7 Å². The third kappa shape index (κ3) is 5.58. The smallest absolute Gasteiger partial charge is 0.325 e. The monoisotopic (exact) mass is 518 g/mol. The normalized spacial score (nSPS) is 18.9. The summed E-state index contributed by atoms with van der Waals surface area (Å²) in [4.78, 5) is 18.9. The van der Waals surface area contributed by atoms with Crippen LogP contribution in [0.5, 0.6) is 11.8 Å². The Morgan fingerprint density at radius 3 is 2.84 bits per heavy atom. The summed E-state index contributed by atoms with van der Waals surface area (Å²) in [5.41, 5.74) is 4.69. The lowest BCUT2D eigenvalue weighted by atomic mass is 10.1. The second-order valence-corrected chi connectivity index (χ2v) is 10.1. The van der Waals surface area contributed by atoms with E-state index in [1.807, 2.05) is 31.2 Å². The Balaban J connectivity index is 1.44. The number of aromatic nitrogens is 2. The second kappa shape index (κ2) is 11.1. The molecule has 2 aromatic rings. The summed E-state index contributed by atoms with van der Waals surface area (Å²) in [5.74, 6) is 2.83. The Morgan fingerprint density at radius 2 is 2.05 bits per heavy atom. The van der Waals surface area contributed by atoms with Crippen molar-refractivity contribution in [2.24, 2.45) is 4.99 Å². The summed E-state index contributed by atoms with van der Waals surface area (Å²) in [7, 11) is 0. The fraction of sp³-hybridized carbons (Fsp3) is 0.414. The van der Waals surface area contributed by atoms with Gasteiger partial charge in [-0.3, -0.25) is 9.89 Å². The molecule has 0 bridgehead atoms. The first-order valence-electron chi connectivity index (χ1n) is 13.2. The van der Waals surface area contributed by atoms with Crippen LogP contribution in [0, 0.1) is 0 Å². The Hall–Kier alpha value is -3.16. The molecule has 1 saturated heterocycles. The van der Waals surface area contributed by atoms with Crippen LogP contribution in [-0.4, -0.2) is 59.5 Å². The van der Waals surface area contributed by atoms with Crippen molar-refractivity contribution in [2.45, 2.75) is 46.6 Å². The highest BCUT2D eigenvalue weighted by Gasteiger charge is 2.28. The molecule has 0 spiro atoms. The van der Waals surface area contributed by atoms with Gasteiger partial charge in [0.2, 0.25) is 0 Å². The van der Waals surface area contributed by atoms with Gasteiger partial charge in [0.15, 0.2) is 0 Å². The van der Waals surface area contributed by atoms with E-state index in [4.69, 9.17) is 21.3 Å². The minimum absolute atomic E-state index is 0.267.